The van der Waals surface area contributed by atoms with Gasteiger partial charge in [0.2, 0.25) is 0 Å². The third-order valence-electron chi connectivity index (χ3n) is 7.60. The number of ether oxygens (including phenoxy) is 1. The normalized spacial score (nSPS) is 11.2. The molecule has 9 heteroatoms. The summed E-state index contributed by atoms with van der Waals surface area (Å²) in [4.78, 5) is 26.8. The van der Waals surface area contributed by atoms with E-state index in [2.05, 4.69) is 5.32 Å². The summed E-state index contributed by atoms with van der Waals surface area (Å²) < 4.78 is 10.8. The highest BCUT2D eigenvalue weighted by atomic mass is 16.5. The molecule has 0 unspecified atom stereocenters. The molecule has 6 aromatic rings. The van der Waals surface area contributed by atoms with Crippen molar-refractivity contribution in [2.45, 2.75) is 13.5 Å². The van der Waals surface area contributed by atoms with Gasteiger partial charge in [0.05, 0.1) is 22.8 Å². The van der Waals surface area contributed by atoms with E-state index >= 15 is 0 Å². The minimum Gasteiger partial charge on any atom is -0.489 e. The van der Waals surface area contributed by atoms with E-state index in [1.54, 1.807) is 41.7 Å². The smallest absolute Gasteiger partial charge is 0.295 e. The van der Waals surface area contributed by atoms with Crippen molar-refractivity contribution in [2.75, 3.05) is 5.32 Å². The molecule has 0 spiro atoms. The van der Waals surface area contributed by atoms with Crippen molar-refractivity contribution in [3.8, 4) is 34.5 Å². The summed E-state index contributed by atoms with van der Waals surface area (Å²) >= 11 is 0. The maximum absolute atomic E-state index is 13.5. The molecule has 0 bridgehead atoms. The quantitative estimate of drug-likeness (QED) is 0.150. The fourth-order valence-electron chi connectivity index (χ4n) is 5.08. The van der Waals surface area contributed by atoms with Crippen LogP contribution in [0.15, 0.2) is 132 Å². The zero-order valence-corrected chi connectivity index (χ0v) is 25.3. The van der Waals surface area contributed by atoms with Gasteiger partial charge in [-0.25, -0.2) is 9.36 Å². The fourth-order valence-corrected chi connectivity index (χ4v) is 5.08. The van der Waals surface area contributed by atoms with Crippen LogP contribution in [0, 0.1) is 18.3 Å². The summed E-state index contributed by atoms with van der Waals surface area (Å²) in [6.45, 7) is 2.18. The number of nitrogens with one attached hydrogen (secondary N) is 1. The van der Waals surface area contributed by atoms with E-state index in [1.165, 1.54) is 10.8 Å². The first kappa shape index (κ1) is 29.7. The van der Waals surface area contributed by atoms with E-state index in [0.717, 1.165) is 16.8 Å². The number of nitrogens with zero attached hydrogens (tertiary/aromatic N) is 5. The lowest BCUT2D eigenvalue weighted by Crippen LogP contribution is -2.23. The Bertz CT molecular complexity index is 2120. The molecular weight excluding hydrogens is 576 g/mol. The van der Waals surface area contributed by atoms with E-state index in [9.17, 15) is 14.9 Å². The first-order chi connectivity index (χ1) is 22.4. The second kappa shape index (κ2) is 13.1. The lowest BCUT2D eigenvalue weighted by molar-refractivity contribution is -0.112. The predicted molar refractivity (Wildman–Crippen MR) is 178 cm³/mol. The van der Waals surface area contributed by atoms with Crippen molar-refractivity contribution in [1.29, 1.82) is 5.26 Å². The molecule has 226 valence electrons. The Morgan fingerprint density at radius 1 is 0.891 bits per heavy atom. The molecule has 6 rings (SSSR count). The number of amides is 1. The average Bonchev–Trinajstić information content (AvgIpc) is 3.61. The third kappa shape index (κ3) is 6.14. The monoisotopic (exact) mass is 606 g/mol. The van der Waals surface area contributed by atoms with Gasteiger partial charge in [0.15, 0.2) is 0 Å². The zero-order chi connectivity index (χ0) is 32.0. The lowest BCUT2D eigenvalue weighted by Gasteiger charge is -2.07. The van der Waals surface area contributed by atoms with Gasteiger partial charge in [-0.2, -0.15) is 10.4 Å². The van der Waals surface area contributed by atoms with Gasteiger partial charge in [-0.15, -0.1) is 0 Å². The largest absolute Gasteiger partial charge is 0.489 e. The predicted octanol–water partition coefficient (Wildman–Crippen LogP) is 6.46. The number of para-hydroxylation sites is 2. The molecule has 2 aromatic heterocycles. The molecule has 2 heterocycles. The number of hydrogen-bond donors (Lipinski definition) is 1. The van der Waals surface area contributed by atoms with Gasteiger partial charge < -0.3 is 10.1 Å². The number of hydrogen-bond acceptors (Lipinski definition) is 5. The Labute approximate surface area is 265 Å². The Kier molecular flexibility index (Phi) is 8.43. The summed E-state index contributed by atoms with van der Waals surface area (Å²) in [7, 11) is 1.74. The highest BCUT2D eigenvalue weighted by Gasteiger charge is 2.21. The number of rotatable bonds is 9. The van der Waals surface area contributed by atoms with Gasteiger partial charge in [0.1, 0.15) is 29.7 Å². The van der Waals surface area contributed by atoms with E-state index in [0.29, 0.717) is 35.0 Å². The standard InChI is InChI=1S/C37H30N6O3/c1-26-34(37(45)43(41(26)2)32-16-10-5-11-17-32)39-36(44)29(23-38)22-30-24-42(31-14-8-4-9-15-31)40-35(30)28-18-20-33(21-19-28)46-25-27-12-6-3-7-13-27/h3-22,24H,25H2,1-2H3,(H,39,44)/b29-22+. The highest BCUT2D eigenvalue weighted by Crippen LogP contribution is 2.28. The molecule has 0 saturated carbocycles. The number of nitriles is 1. The number of anilines is 1. The van der Waals surface area contributed by atoms with Gasteiger partial charge in [0, 0.05) is 24.4 Å². The van der Waals surface area contributed by atoms with Crippen LogP contribution in [0.3, 0.4) is 0 Å². The van der Waals surface area contributed by atoms with E-state index < -0.39 is 11.5 Å². The van der Waals surface area contributed by atoms with Gasteiger partial charge >= 0.3 is 0 Å². The Morgan fingerprint density at radius 2 is 1.50 bits per heavy atom. The average molecular weight is 607 g/mol. The topological polar surface area (TPSA) is 107 Å². The second-order valence-electron chi connectivity index (χ2n) is 10.6. The van der Waals surface area contributed by atoms with Crippen molar-refractivity contribution in [3.63, 3.8) is 0 Å². The second-order valence-corrected chi connectivity index (χ2v) is 10.6. The van der Waals surface area contributed by atoms with Crippen LogP contribution in [-0.4, -0.2) is 25.1 Å². The number of aromatic nitrogens is 4. The van der Waals surface area contributed by atoms with Crippen molar-refractivity contribution in [3.05, 3.63) is 154 Å². The lowest BCUT2D eigenvalue weighted by atomic mass is 10.1. The maximum Gasteiger partial charge on any atom is 0.295 e. The molecule has 0 radical (unpaired) electrons. The molecule has 1 N–H and O–H groups in total. The van der Waals surface area contributed by atoms with Crippen molar-refractivity contribution >= 4 is 17.7 Å². The molecule has 0 saturated heterocycles. The van der Waals surface area contributed by atoms with Crippen molar-refractivity contribution in [2.24, 2.45) is 7.05 Å². The number of carbonyl (C=O) groups is 1. The third-order valence-corrected chi connectivity index (χ3v) is 7.60. The van der Waals surface area contributed by atoms with Crippen LogP contribution in [0.2, 0.25) is 0 Å². The summed E-state index contributed by atoms with van der Waals surface area (Å²) in [5.74, 6) is 0.000233. The zero-order valence-electron chi connectivity index (χ0n) is 25.3. The van der Waals surface area contributed by atoms with Crippen LogP contribution in [0.1, 0.15) is 16.8 Å². The van der Waals surface area contributed by atoms with Crippen molar-refractivity contribution in [1.82, 2.24) is 19.1 Å². The molecule has 4 aromatic carbocycles. The number of carbonyl (C=O) groups excluding carboxylic acids is 1. The van der Waals surface area contributed by atoms with Crippen LogP contribution < -0.4 is 15.6 Å². The Morgan fingerprint density at radius 3 is 2.13 bits per heavy atom. The van der Waals surface area contributed by atoms with Gasteiger partial charge in [0.25, 0.3) is 11.5 Å². The minimum atomic E-state index is -0.698. The molecule has 46 heavy (non-hydrogen) atoms. The first-order valence-corrected chi connectivity index (χ1v) is 14.6. The first-order valence-electron chi connectivity index (χ1n) is 14.6. The van der Waals surface area contributed by atoms with Gasteiger partial charge in [-0.05, 0) is 67.1 Å². The van der Waals surface area contributed by atoms with Crippen LogP contribution >= 0.6 is 0 Å². The van der Waals surface area contributed by atoms with Crippen LogP contribution in [0.5, 0.6) is 5.75 Å². The van der Waals surface area contributed by atoms with Crippen LogP contribution in [0.4, 0.5) is 5.69 Å². The van der Waals surface area contributed by atoms with E-state index in [4.69, 9.17) is 9.84 Å². The van der Waals surface area contributed by atoms with E-state index in [1.807, 2.05) is 109 Å². The minimum absolute atomic E-state index is 0.101. The Hall–Kier alpha value is -6.40. The van der Waals surface area contributed by atoms with Crippen molar-refractivity contribution < 1.29 is 9.53 Å². The molecule has 1 amide bonds. The molecule has 0 aliphatic rings. The van der Waals surface area contributed by atoms with E-state index in [-0.39, 0.29) is 11.3 Å². The molecule has 9 nitrogen and oxygen atoms in total. The maximum atomic E-state index is 13.5. The van der Waals surface area contributed by atoms with Crippen LogP contribution in [0.25, 0.3) is 28.7 Å². The molecule has 0 atom stereocenters. The molecule has 0 aliphatic heterocycles. The van der Waals surface area contributed by atoms with Crippen LogP contribution in [-0.2, 0) is 18.4 Å². The van der Waals surface area contributed by atoms with Gasteiger partial charge in [-0.1, -0.05) is 66.7 Å². The molecular formula is C37H30N6O3. The summed E-state index contributed by atoms with van der Waals surface area (Å²) in [5, 5.41) is 17.6. The highest BCUT2D eigenvalue weighted by molar-refractivity contribution is 6.10. The molecule has 0 aliphatic carbocycles. The molecule has 0 fully saturated rings. The SMILES string of the molecule is Cc1c(NC(=O)/C(C#N)=C/c2cn(-c3ccccc3)nc2-c2ccc(OCc3ccccc3)cc2)c(=O)n(-c2ccccc2)n1C. The summed E-state index contributed by atoms with van der Waals surface area (Å²) in [6, 6.07) is 38.1. The summed E-state index contributed by atoms with van der Waals surface area (Å²) in [5.41, 5.74) is 4.51. The Balaban J connectivity index is 1.32. The number of benzene rings is 4. The summed E-state index contributed by atoms with van der Waals surface area (Å²) in [6.07, 6.45) is 3.26. The van der Waals surface area contributed by atoms with Gasteiger partial charge in [-0.3, -0.25) is 14.3 Å². The fraction of sp³-hybridized carbons (Fsp3) is 0.0811.